The highest BCUT2D eigenvalue weighted by Gasteiger charge is 2.16. The fourth-order valence-electron chi connectivity index (χ4n) is 3.27. The maximum atomic E-state index is 11.2. The van der Waals surface area contributed by atoms with Crippen LogP contribution in [0.15, 0.2) is 45.6 Å². The van der Waals surface area contributed by atoms with Crippen LogP contribution < -0.4 is 15.4 Å². The van der Waals surface area contributed by atoms with Crippen molar-refractivity contribution in [3.63, 3.8) is 0 Å². The van der Waals surface area contributed by atoms with Gasteiger partial charge in [-0.1, -0.05) is 23.2 Å². The normalized spacial score (nSPS) is 13.7. The van der Waals surface area contributed by atoms with Crippen LogP contribution in [0.3, 0.4) is 0 Å². The number of carbonyl (C=O) groups is 1. The molecule has 0 aliphatic carbocycles. The van der Waals surface area contributed by atoms with Crippen LogP contribution in [0.2, 0.25) is 10.0 Å². The molecular weight excluding hydrogens is 429 g/mol. The summed E-state index contributed by atoms with van der Waals surface area (Å²) in [4.78, 5) is 25.9. The Balaban J connectivity index is 0.000000177. The molecule has 3 aromatic rings. The molecule has 2 heterocycles. The fraction of sp³-hybridized carbons (Fsp3) is 0.333. The molecule has 0 spiro atoms. The first-order chi connectivity index (χ1) is 14.5. The van der Waals surface area contributed by atoms with Gasteiger partial charge >= 0.3 is 5.76 Å². The number of hydrogen-bond acceptors (Lipinski definition) is 5. The number of aromatic nitrogens is 1. The fourth-order valence-corrected chi connectivity index (χ4v) is 3.63. The number of oxazole rings is 1. The molecule has 0 atom stereocenters. The van der Waals surface area contributed by atoms with E-state index in [-0.39, 0.29) is 5.76 Å². The molecule has 30 heavy (non-hydrogen) atoms. The Bertz CT molecular complexity index is 1070. The monoisotopic (exact) mass is 451 g/mol. The van der Waals surface area contributed by atoms with Gasteiger partial charge in [0.05, 0.1) is 17.6 Å². The van der Waals surface area contributed by atoms with Gasteiger partial charge in [-0.05, 0) is 31.2 Å². The van der Waals surface area contributed by atoms with E-state index in [1.165, 1.54) is 0 Å². The van der Waals surface area contributed by atoms with Gasteiger partial charge in [0.2, 0.25) is 6.41 Å². The van der Waals surface area contributed by atoms with E-state index < -0.39 is 0 Å². The number of methoxy groups -OCH3 is 1. The Kier molecular flexibility index (Phi) is 7.29. The predicted octanol–water partition coefficient (Wildman–Crippen LogP) is 3.89. The van der Waals surface area contributed by atoms with E-state index in [1.807, 2.05) is 25.1 Å². The predicted molar refractivity (Wildman–Crippen MR) is 119 cm³/mol. The molecule has 1 saturated heterocycles. The van der Waals surface area contributed by atoms with Crippen LogP contribution in [-0.4, -0.2) is 49.2 Å². The van der Waals surface area contributed by atoms with E-state index in [2.05, 4.69) is 4.90 Å². The summed E-state index contributed by atoms with van der Waals surface area (Å²) in [6, 6.07) is 10.9. The molecule has 1 amide bonds. The molecule has 1 aliphatic rings. The summed E-state index contributed by atoms with van der Waals surface area (Å²) in [5, 5.41) is 1.19. The van der Waals surface area contributed by atoms with E-state index in [0.29, 0.717) is 27.9 Å². The number of hydrogen-bond donors (Lipinski definition) is 0. The Morgan fingerprint density at radius 1 is 1.10 bits per heavy atom. The lowest BCUT2D eigenvalue weighted by Crippen LogP contribution is -2.45. The van der Waals surface area contributed by atoms with Gasteiger partial charge in [0, 0.05) is 55.6 Å². The number of ether oxygens (including phenoxy) is 1. The van der Waals surface area contributed by atoms with E-state index in [4.69, 9.17) is 32.4 Å². The minimum absolute atomic E-state index is 0.334. The Morgan fingerprint density at radius 2 is 1.83 bits per heavy atom. The van der Waals surface area contributed by atoms with Crippen LogP contribution >= 0.6 is 23.2 Å². The van der Waals surface area contributed by atoms with Crippen LogP contribution in [-0.2, 0) is 11.3 Å². The first-order valence-corrected chi connectivity index (χ1v) is 10.3. The van der Waals surface area contributed by atoms with Gasteiger partial charge in [-0.3, -0.25) is 9.36 Å². The van der Waals surface area contributed by atoms with Crippen molar-refractivity contribution in [2.45, 2.75) is 13.5 Å². The minimum atomic E-state index is -0.334. The number of nitrogens with zero attached hydrogens (tertiary/aromatic N) is 3. The van der Waals surface area contributed by atoms with Crippen LogP contribution in [0.25, 0.3) is 11.1 Å². The molecule has 0 N–H and O–H groups in total. The molecule has 4 rings (SSSR count). The van der Waals surface area contributed by atoms with Crippen LogP contribution in [0.1, 0.15) is 6.92 Å². The Labute approximate surface area is 184 Å². The van der Waals surface area contributed by atoms with Gasteiger partial charge in [-0.15, -0.1) is 0 Å². The van der Waals surface area contributed by atoms with Gasteiger partial charge in [0.25, 0.3) is 0 Å². The number of benzene rings is 2. The summed E-state index contributed by atoms with van der Waals surface area (Å²) >= 11 is 11.7. The summed E-state index contributed by atoms with van der Waals surface area (Å²) in [6.07, 6.45) is 0.903. The minimum Gasteiger partial charge on any atom is -0.495 e. The van der Waals surface area contributed by atoms with E-state index in [0.717, 1.165) is 43.8 Å². The zero-order valence-electron chi connectivity index (χ0n) is 16.8. The van der Waals surface area contributed by atoms with Crippen molar-refractivity contribution in [1.29, 1.82) is 0 Å². The van der Waals surface area contributed by atoms with Gasteiger partial charge in [-0.25, -0.2) is 4.79 Å². The topological polar surface area (TPSA) is 67.9 Å². The number of rotatable bonds is 4. The molecule has 160 valence electrons. The summed E-state index contributed by atoms with van der Waals surface area (Å²) in [5.74, 6) is 0.349. The lowest BCUT2D eigenvalue weighted by molar-refractivity contribution is -0.118. The highest BCUT2D eigenvalue weighted by atomic mass is 35.5. The molecular formula is C21H23Cl2N3O4. The van der Waals surface area contributed by atoms with Crippen molar-refractivity contribution in [2.24, 2.45) is 0 Å². The molecule has 7 nitrogen and oxygen atoms in total. The number of amides is 1. The van der Waals surface area contributed by atoms with Gasteiger partial charge in [0.1, 0.15) is 5.75 Å². The first-order valence-electron chi connectivity index (χ1n) is 9.53. The van der Waals surface area contributed by atoms with Gasteiger partial charge in [-0.2, -0.15) is 0 Å². The summed E-state index contributed by atoms with van der Waals surface area (Å²) < 4.78 is 11.7. The number of anilines is 1. The summed E-state index contributed by atoms with van der Waals surface area (Å²) in [5.41, 5.74) is 2.41. The zero-order chi connectivity index (χ0) is 21.7. The Morgan fingerprint density at radius 3 is 2.47 bits per heavy atom. The third kappa shape index (κ3) is 4.91. The van der Waals surface area contributed by atoms with Crippen molar-refractivity contribution in [1.82, 2.24) is 9.47 Å². The molecule has 9 heteroatoms. The average Bonchev–Trinajstić information content (AvgIpc) is 3.08. The standard InChI is InChI=1S/C12H15ClN2O2.C9H8ClNO2/c1-17-12-8-10(2-3-11(12)13)15-6-4-14(9-16)5-7-15;1-2-11-7-4-3-6(10)5-8(7)13-9(11)12/h2-3,8-9H,4-7H2,1H3;3-5H,2H2,1H3. The third-order valence-electron chi connectivity index (χ3n) is 4.91. The maximum absolute atomic E-state index is 11.2. The van der Waals surface area contributed by atoms with E-state index in [1.54, 1.807) is 34.8 Å². The van der Waals surface area contributed by atoms with Gasteiger partial charge < -0.3 is 19.0 Å². The molecule has 1 aromatic heterocycles. The SMILES string of the molecule is CCn1c(=O)oc2cc(Cl)ccc21.COc1cc(N2CCN(C=O)CC2)ccc1Cl. The van der Waals surface area contributed by atoms with Crippen molar-refractivity contribution in [2.75, 3.05) is 38.2 Å². The number of carbonyl (C=O) groups excluding carboxylic acids is 1. The van der Waals surface area contributed by atoms with Crippen LogP contribution in [0, 0.1) is 0 Å². The van der Waals surface area contributed by atoms with Crippen molar-refractivity contribution >= 4 is 46.4 Å². The quantitative estimate of drug-likeness (QED) is 0.562. The average molecular weight is 452 g/mol. The molecule has 0 radical (unpaired) electrons. The second-order valence-electron chi connectivity index (χ2n) is 6.67. The highest BCUT2D eigenvalue weighted by Crippen LogP contribution is 2.29. The smallest absolute Gasteiger partial charge is 0.419 e. The van der Waals surface area contributed by atoms with E-state index in [9.17, 15) is 9.59 Å². The highest BCUT2D eigenvalue weighted by molar-refractivity contribution is 6.32. The molecule has 0 bridgehead atoms. The van der Waals surface area contributed by atoms with E-state index >= 15 is 0 Å². The molecule has 0 saturated carbocycles. The van der Waals surface area contributed by atoms with Crippen molar-refractivity contribution < 1.29 is 13.9 Å². The first kappa shape index (κ1) is 22.1. The van der Waals surface area contributed by atoms with Crippen molar-refractivity contribution in [3.8, 4) is 5.75 Å². The largest absolute Gasteiger partial charge is 0.495 e. The zero-order valence-corrected chi connectivity index (χ0v) is 18.3. The Hall–Kier alpha value is -2.64. The molecule has 0 unspecified atom stereocenters. The third-order valence-corrected chi connectivity index (χ3v) is 5.46. The number of aryl methyl sites for hydroxylation is 1. The lowest BCUT2D eigenvalue weighted by atomic mass is 10.2. The van der Waals surface area contributed by atoms with Crippen molar-refractivity contribution in [3.05, 3.63) is 57.0 Å². The maximum Gasteiger partial charge on any atom is 0.419 e. The molecule has 1 aliphatic heterocycles. The van der Waals surface area contributed by atoms with Gasteiger partial charge in [0.15, 0.2) is 5.58 Å². The summed E-state index contributed by atoms with van der Waals surface area (Å²) in [6.45, 7) is 5.69. The lowest BCUT2D eigenvalue weighted by Gasteiger charge is -2.34. The number of fused-ring (bicyclic) bond motifs is 1. The van der Waals surface area contributed by atoms with Crippen LogP contribution in [0.5, 0.6) is 5.75 Å². The molecule has 1 fully saturated rings. The molecule has 2 aromatic carbocycles. The second-order valence-corrected chi connectivity index (χ2v) is 7.52. The second kappa shape index (κ2) is 9.91. The van der Waals surface area contributed by atoms with Crippen LogP contribution in [0.4, 0.5) is 5.69 Å². The number of halogens is 2. The summed E-state index contributed by atoms with van der Waals surface area (Å²) in [7, 11) is 1.61. The number of piperazine rings is 1.